The van der Waals surface area contributed by atoms with Crippen molar-refractivity contribution < 1.29 is 0 Å². The topological polar surface area (TPSA) is 0 Å². The summed E-state index contributed by atoms with van der Waals surface area (Å²) in [7, 11) is 0. The molecule has 0 N–H and O–H groups in total. The Hall–Kier alpha value is -1.56. The molecule has 2 aliphatic rings. The van der Waals surface area contributed by atoms with Crippen LogP contribution in [0.4, 0.5) is 0 Å². The highest BCUT2D eigenvalue weighted by Gasteiger charge is 2.24. The van der Waals surface area contributed by atoms with Crippen LogP contribution in [-0.4, -0.2) is 0 Å². The monoisotopic (exact) mass is 208 g/mol. The second-order valence-electron chi connectivity index (χ2n) is 4.86. The molecule has 3 rings (SSSR count). The van der Waals surface area contributed by atoms with E-state index in [4.69, 9.17) is 0 Å². The summed E-state index contributed by atoms with van der Waals surface area (Å²) in [6, 6.07) is 6.78. The number of hydrogen-bond donors (Lipinski definition) is 0. The Labute approximate surface area is 97.0 Å². The summed E-state index contributed by atoms with van der Waals surface area (Å²) in [5.74, 6) is 1.10. The molecule has 16 heavy (non-hydrogen) atoms. The van der Waals surface area contributed by atoms with Gasteiger partial charge in [0.15, 0.2) is 0 Å². The van der Waals surface area contributed by atoms with Gasteiger partial charge in [0.25, 0.3) is 0 Å². The van der Waals surface area contributed by atoms with Crippen LogP contribution < -0.4 is 0 Å². The first kappa shape index (κ1) is 9.65. The molecule has 0 spiro atoms. The average molecular weight is 208 g/mol. The molecular weight excluding hydrogens is 192 g/mol. The van der Waals surface area contributed by atoms with Crippen molar-refractivity contribution in [3.63, 3.8) is 0 Å². The van der Waals surface area contributed by atoms with Gasteiger partial charge < -0.3 is 0 Å². The minimum atomic E-state index is 0.546. The van der Waals surface area contributed by atoms with Crippen molar-refractivity contribution >= 4 is 6.08 Å². The average Bonchev–Trinajstić information content (AvgIpc) is 2.28. The van der Waals surface area contributed by atoms with Gasteiger partial charge in [-0.25, -0.2) is 0 Å². The Kier molecular flexibility index (Phi) is 2.10. The van der Waals surface area contributed by atoms with Crippen molar-refractivity contribution in [1.29, 1.82) is 0 Å². The lowest BCUT2D eigenvalue weighted by Gasteiger charge is -2.28. The maximum atomic E-state index is 2.37. The Morgan fingerprint density at radius 2 is 1.88 bits per heavy atom. The van der Waals surface area contributed by atoms with Gasteiger partial charge in [-0.1, -0.05) is 59.7 Å². The fourth-order valence-electron chi connectivity index (χ4n) is 2.69. The van der Waals surface area contributed by atoms with Crippen LogP contribution >= 0.6 is 0 Å². The quantitative estimate of drug-likeness (QED) is 0.598. The Morgan fingerprint density at radius 1 is 1.00 bits per heavy atom. The van der Waals surface area contributed by atoms with Crippen LogP contribution in [0.5, 0.6) is 0 Å². The van der Waals surface area contributed by atoms with Gasteiger partial charge >= 0.3 is 0 Å². The highest BCUT2D eigenvalue weighted by Crippen LogP contribution is 2.39. The predicted molar refractivity (Wildman–Crippen MR) is 69.3 cm³/mol. The van der Waals surface area contributed by atoms with E-state index in [1.54, 1.807) is 0 Å². The van der Waals surface area contributed by atoms with E-state index in [0.29, 0.717) is 11.8 Å². The predicted octanol–water partition coefficient (Wildman–Crippen LogP) is 4.24. The fraction of sp³-hybridized carbons (Fsp3) is 0.250. The van der Waals surface area contributed by atoms with Crippen LogP contribution in [0.3, 0.4) is 0 Å². The standard InChI is InChI=1S/C16H16/c1-11-3-7-15-13(9-11)5-6-14-10-12(2)4-8-16(14)15/h3-10,13,15H,1-2H3. The molecule has 80 valence electrons. The van der Waals surface area contributed by atoms with E-state index in [2.05, 4.69) is 62.4 Å². The summed E-state index contributed by atoms with van der Waals surface area (Å²) in [5, 5.41) is 0. The molecule has 1 aromatic rings. The third kappa shape index (κ3) is 1.46. The summed E-state index contributed by atoms with van der Waals surface area (Å²) >= 11 is 0. The van der Waals surface area contributed by atoms with Crippen molar-refractivity contribution in [3.05, 3.63) is 64.8 Å². The smallest absolute Gasteiger partial charge is 0.0125 e. The molecule has 0 aliphatic heterocycles. The normalized spacial score (nSPS) is 26.0. The number of benzene rings is 1. The van der Waals surface area contributed by atoms with Crippen molar-refractivity contribution in [1.82, 2.24) is 0 Å². The highest BCUT2D eigenvalue weighted by atomic mass is 14.3. The lowest BCUT2D eigenvalue weighted by atomic mass is 9.76. The van der Waals surface area contributed by atoms with Gasteiger partial charge in [0.1, 0.15) is 0 Å². The van der Waals surface area contributed by atoms with Crippen LogP contribution in [0.25, 0.3) is 6.08 Å². The minimum Gasteiger partial charge on any atom is -0.0761 e. The minimum absolute atomic E-state index is 0.546. The fourth-order valence-corrected chi connectivity index (χ4v) is 2.69. The number of allylic oxidation sites excluding steroid dienone is 5. The van der Waals surface area contributed by atoms with Crippen LogP contribution in [0.15, 0.2) is 48.1 Å². The molecule has 1 aromatic carbocycles. The van der Waals surface area contributed by atoms with E-state index >= 15 is 0 Å². The summed E-state index contributed by atoms with van der Waals surface area (Å²) in [4.78, 5) is 0. The first-order valence-electron chi connectivity index (χ1n) is 5.89. The van der Waals surface area contributed by atoms with Crippen molar-refractivity contribution in [2.24, 2.45) is 5.92 Å². The van der Waals surface area contributed by atoms with Gasteiger partial charge in [0, 0.05) is 11.8 Å². The molecule has 0 amide bonds. The number of aryl methyl sites for hydroxylation is 1. The zero-order chi connectivity index (χ0) is 11.1. The number of rotatable bonds is 0. The first-order chi connectivity index (χ1) is 7.74. The second kappa shape index (κ2) is 3.48. The van der Waals surface area contributed by atoms with Gasteiger partial charge in [-0.15, -0.1) is 0 Å². The number of hydrogen-bond acceptors (Lipinski definition) is 0. The SMILES string of the molecule is CC1=CC2C=Cc3cc(C)ccc3C2C=C1. The lowest BCUT2D eigenvalue weighted by molar-refractivity contribution is 0.686. The maximum Gasteiger partial charge on any atom is 0.0125 e. The molecule has 0 aromatic heterocycles. The van der Waals surface area contributed by atoms with Crippen LogP contribution in [0, 0.1) is 12.8 Å². The van der Waals surface area contributed by atoms with Gasteiger partial charge in [-0.2, -0.15) is 0 Å². The number of fused-ring (bicyclic) bond motifs is 3. The molecule has 0 bridgehead atoms. The largest absolute Gasteiger partial charge is 0.0761 e. The molecule has 0 heteroatoms. The van der Waals surface area contributed by atoms with Crippen LogP contribution in [-0.2, 0) is 0 Å². The molecule has 0 fully saturated rings. The van der Waals surface area contributed by atoms with E-state index in [1.165, 1.54) is 22.3 Å². The summed E-state index contributed by atoms with van der Waals surface area (Å²) in [6.45, 7) is 4.33. The zero-order valence-electron chi connectivity index (χ0n) is 9.77. The van der Waals surface area contributed by atoms with Crippen molar-refractivity contribution in [2.45, 2.75) is 19.8 Å². The molecule has 2 aliphatic carbocycles. The summed E-state index contributed by atoms with van der Waals surface area (Å²) in [5.41, 5.74) is 5.58. The third-order valence-electron chi connectivity index (χ3n) is 3.54. The second-order valence-corrected chi connectivity index (χ2v) is 4.86. The van der Waals surface area contributed by atoms with Crippen molar-refractivity contribution in [2.75, 3.05) is 0 Å². The Bertz CT molecular complexity index is 515. The van der Waals surface area contributed by atoms with E-state index in [-0.39, 0.29) is 0 Å². The van der Waals surface area contributed by atoms with E-state index < -0.39 is 0 Å². The maximum absolute atomic E-state index is 2.37. The molecule has 0 saturated heterocycles. The third-order valence-corrected chi connectivity index (χ3v) is 3.54. The molecule has 0 nitrogen and oxygen atoms in total. The van der Waals surface area contributed by atoms with Gasteiger partial charge in [0.05, 0.1) is 0 Å². The summed E-state index contributed by atoms with van der Waals surface area (Å²) in [6.07, 6.45) is 11.6. The molecule has 2 unspecified atom stereocenters. The summed E-state index contributed by atoms with van der Waals surface area (Å²) < 4.78 is 0. The van der Waals surface area contributed by atoms with E-state index in [1.807, 2.05) is 0 Å². The van der Waals surface area contributed by atoms with Gasteiger partial charge in [-0.3, -0.25) is 0 Å². The van der Waals surface area contributed by atoms with Crippen LogP contribution in [0.2, 0.25) is 0 Å². The Morgan fingerprint density at radius 3 is 2.75 bits per heavy atom. The van der Waals surface area contributed by atoms with E-state index in [0.717, 1.165) is 0 Å². The highest BCUT2D eigenvalue weighted by molar-refractivity contribution is 5.62. The van der Waals surface area contributed by atoms with Gasteiger partial charge in [0.2, 0.25) is 0 Å². The Balaban J connectivity index is 2.11. The van der Waals surface area contributed by atoms with Crippen molar-refractivity contribution in [3.8, 4) is 0 Å². The molecule has 0 saturated carbocycles. The van der Waals surface area contributed by atoms with Crippen LogP contribution in [0.1, 0.15) is 29.5 Å². The molecule has 2 atom stereocenters. The zero-order valence-corrected chi connectivity index (χ0v) is 9.77. The molecule has 0 heterocycles. The van der Waals surface area contributed by atoms with E-state index in [9.17, 15) is 0 Å². The molecular formula is C16H16. The lowest BCUT2D eigenvalue weighted by Crippen LogP contribution is -2.14. The molecule has 0 radical (unpaired) electrons. The van der Waals surface area contributed by atoms with Gasteiger partial charge in [-0.05, 0) is 25.0 Å². The first-order valence-corrected chi connectivity index (χ1v) is 5.89.